The Morgan fingerprint density at radius 2 is 2.20 bits per heavy atom. The van der Waals surface area contributed by atoms with Gasteiger partial charge in [-0.2, -0.15) is 10.2 Å². The summed E-state index contributed by atoms with van der Waals surface area (Å²) < 4.78 is 17.2. The van der Waals surface area contributed by atoms with Crippen LogP contribution in [0.15, 0.2) is 18.5 Å². The zero-order chi connectivity index (χ0) is 17.1. The summed E-state index contributed by atoms with van der Waals surface area (Å²) in [5.41, 5.74) is 0.524. The first kappa shape index (κ1) is 16.9. The number of ether oxygens (including phenoxy) is 3. The number of hydrogen-bond donors (Lipinski definition) is 0. The highest BCUT2D eigenvalue weighted by Crippen LogP contribution is 2.42. The van der Waals surface area contributed by atoms with Crippen LogP contribution in [-0.2, 0) is 14.2 Å². The fourth-order valence-corrected chi connectivity index (χ4v) is 4.13. The molecule has 3 fully saturated rings. The van der Waals surface area contributed by atoms with Crippen molar-refractivity contribution in [2.75, 3.05) is 52.7 Å². The maximum Gasteiger partial charge on any atom is 0.255 e. The SMILES string of the molecule is O=C(c1ccnnc1)N1C[C@H]2COC[C@@]2(COCC2CCOCC2)C1. The van der Waals surface area contributed by atoms with E-state index in [1.807, 2.05) is 4.90 Å². The van der Waals surface area contributed by atoms with Gasteiger partial charge in [0, 0.05) is 44.2 Å². The average Bonchev–Trinajstić information content (AvgIpc) is 3.20. The molecule has 3 saturated heterocycles. The van der Waals surface area contributed by atoms with Gasteiger partial charge in [0.2, 0.25) is 0 Å². The van der Waals surface area contributed by atoms with Gasteiger partial charge in [-0.05, 0) is 24.8 Å². The van der Waals surface area contributed by atoms with Crippen molar-refractivity contribution in [2.24, 2.45) is 17.3 Å². The summed E-state index contributed by atoms with van der Waals surface area (Å²) in [6, 6.07) is 1.72. The number of carbonyl (C=O) groups excluding carboxylic acids is 1. The number of likely N-dealkylation sites (tertiary alicyclic amines) is 1. The van der Waals surface area contributed by atoms with Crippen molar-refractivity contribution in [1.82, 2.24) is 15.1 Å². The van der Waals surface area contributed by atoms with Gasteiger partial charge >= 0.3 is 0 Å². The first-order valence-corrected chi connectivity index (χ1v) is 9.06. The van der Waals surface area contributed by atoms with Crippen LogP contribution in [0, 0.1) is 17.3 Å². The van der Waals surface area contributed by atoms with Gasteiger partial charge in [-0.1, -0.05) is 0 Å². The molecule has 7 heteroatoms. The van der Waals surface area contributed by atoms with E-state index in [9.17, 15) is 4.79 Å². The van der Waals surface area contributed by atoms with Crippen molar-refractivity contribution in [3.8, 4) is 0 Å². The van der Waals surface area contributed by atoms with E-state index in [0.29, 0.717) is 43.8 Å². The van der Waals surface area contributed by atoms with E-state index in [2.05, 4.69) is 10.2 Å². The standard InChI is InChI=1S/C18H25N3O4/c22-17(15-1-4-19-20-7-15)21-8-16-10-25-13-18(16,11-21)12-24-9-14-2-5-23-6-3-14/h1,4,7,14,16H,2-3,5-6,8-13H2/t16-,18-/m0/s1. The number of rotatable bonds is 5. The summed E-state index contributed by atoms with van der Waals surface area (Å²) in [6.45, 7) is 5.91. The highest BCUT2D eigenvalue weighted by Gasteiger charge is 2.52. The molecule has 0 aliphatic carbocycles. The predicted octanol–water partition coefficient (Wildman–Crippen LogP) is 1.01. The maximum atomic E-state index is 12.7. The molecule has 0 bridgehead atoms. The Morgan fingerprint density at radius 1 is 1.32 bits per heavy atom. The van der Waals surface area contributed by atoms with E-state index in [4.69, 9.17) is 14.2 Å². The molecule has 1 amide bonds. The maximum absolute atomic E-state index is 12.7. The van der Waals surface area contributed by atoms with Crippen LogP contribution in [-0.4, -0.2) is 73.7 Å². The van der Waals surface area contributed by atoms with E-state index in [-0.39, 0.29) is 11.3 Å². The Kier molecular flexibility index (Phi) is 4.96. The molecule has 0 spiro atoms. The lowest BCUT2D eigenvalue weighted by Crippen LogP contribution is -2.38. The minimum Gasteiger partial charge on any atom is -0.381 e. The number of carbonyl (C=O) groups is 1. The third-order valence-corrected chi connectivity index (χ3v) is 5.72. The summed E-state index contributed by atoms with van der Waals surface area (Å²) in [5.74, 6) is 0.960. The Hall–Kier alpha value is -1.57. The number of fused-ring (bicyclic) bond motifs is 1. The molecule has 3 aliphatic rings. The normalized spacial score (nSPS) is 29.8. The molecule has 4 rings (SSSR count). The van der Waals surface area contributed by atoms with Crippen LogP contribution in [0.5, 0.6) is 0 Å². The highest BCUT2D eigenvalue weighted by atomic mass is 16.5. The molecule has 0 saturated carbocycles. The van der Waals surface area contributed by atoms with Crippen LogP contribution >= 0.6 is 0 Å². The second kappa shape index (κ2) is 7.35. The molecule has 3 aliphatic heterocycles. The van der Waals surface area contributed by atoms with Gasteiger partial charge < -0.3 is 19.1 Å². The minimum atomic E-state index is -0.0682. The molecule has 7 nitrogen and oxygen atoms in total. The van der Waals surface area contributed by atoms with Crippen molar-refractivity contribution in [3.63, 3.8) is 0 Å². The first-order chi connectivity index (χ1) is 12.3. The third-order valence-electron chi connectivity index (χ3n) is 5.72. The Bertz CT molecular complexity index is 593. The van der Waals surface area contributed by atoms with E-state index >= 15 is 0 Å². The van der Waals surface area contributed by atoms with Gasteiger partial charge in [-0.3, -0.25) is 4.79 Å². The molecule has 0 unspecified atom stereocenters. The molecule has 25 heavy (non-hydrogen) atoms. The van der Waals surface area contributed by atoms with Gasteiger partial charge in [0.1, 0.15) is 0 Å². The van der Waals surface area contributed by atoms with Crippen LogP contribution in [0.3, 0.4) is 0 Å². The lowest BCUT2D eigenvalue weighted by Gasteiger charge is -2.29. The van der Waals surface area contributed by atoms with Crippen LogP contribution in [0.4, 0.5) is 0 Å². The van der Waals surface area contributed by atoms with Crippen LogP contribution < -0.4 is 0 Å². The summed E-state index contributed by atoms with van der Waals surface area (Å²) in [7, 11) is 0. The number of nitrogens with zero attached hydrogens (tertiary/aromatic N) is 3. The molecular weight excluding hydrogens is 322 g/mol. The van der Waals surface area contributed by atoms with Gasteiger partial charge in [0.05, 0.1) is 37.8 Å². The topological polar surface area (TPSA) is 73.8 Å². The zero-order valence-corrected chi connectivity index (χ0v) is 14.4. The van der Waals surface area contributed by atoms with Crippen molar-refractivity contribution in [1.29, 1.82) is 0 Å². The number of aromatic nitrogens is 2. The van der Waals surface area contributed by atoms with Crippen molar-refractivity contribution >= 4 is 5.91 Å². The van der Waals surface area contributed by atoms with Crippen LogP contribution in [0.1, 0.15) is 23.2 Å². The predicted molar refractivity (Wildman–Crippen MR) is 89.0 cm³/mol. The molecule has 4 heterocycles. The van der Waals surface area contributed by atoms with E-state index in [0.717, 1.165) is 39.2 Å². The Labute approximate surface area is 147 Å². The molecule has 1 aromatic rings. The number of amides is 1. The molecule has 1 aromatic heterocycles. The third kappa shape index (κ3) is 3.54. The quantitative estimate of drug-likeness (QED) is 0.791. The lowest BCUT2D eigenvalue weighted by molar-refractivity contribution is -0.0150. The minimum absolute atomic E-state index is 0.0214. The smallest absolute Gasteiger partial charge is 0.255 e. The van der Waals surface area contributed by atoms with Gasteiger partial charge in [-0.15, -0.1) is 0 Å². The average molecular weight is 347 g/mol. The second-order valence-corrected chi connectivity index (χ2v) is 7.46. The van der Waals surface area contributed by atoms with Crippen molar-refractivity contribution < 1.29 is 19.0 Å². The summed E-state index contributed by atoms with van der Waals surface area (Å²) in [6.07, 6.45) is 5.24. The van der Waals surface area contributed by atoms with Gasteiger partial charge in [0.15, 0.2) is 0 Å². The fraction of sp³-hybridized carbons (Fsp3) is 0.722. The van der Waals surface area contributed by atoms with E-state index < -0.39 is 0 Å². The molecule has 0 aromatic carbocycles. The van der Waals surface area contributed by atoms with E-state index in [1.54, 1.807) is 12.3 Å². The molecular formula is C18H25N3O4. The Balaban J connectivity index is 1.36. The fourth-order valence-electron chi connectivity index (χ4n) is 4.13. The number of hydrogen-bond acceptors (Lipinski definition) is 6. The summed E-state index contributed by atoms with van der Waals surface area (Å²) in [4.78, 5) is 14.6. The summed E-state index contributed by atoms with van der Waals surface area (Å²) in [5, 5.41) is 7.55. The van der Waals surface area contributed by atoms with Crippen molar-refractivity contribution in [3.05, 3.63) is 24.0 Å². The Morgan fingerprint density at radius 3 is 3.00 bits per heavy atom. The van der Waals surface area contributed by atoms with Gasteiger partial charge in [0.25, 0.3) is 5.91 Å². The molecule has 136 valence electrons. The van der Waals surface area contributed by atoms with E-state index in [1.165, 1.54) is 6.20 Å². The largest absolute Gasteiger partial charge is 0.381 e. The zero-order valence-electron chi connectivity index (χ0n) is 14.4. The monoisotopic (exact) mass is 347 g/mol. The van der Waals surface area contributed by atoms with Crippen LogP contribution in [0.25, 0.3) is 0 Å². The van der Waals surface area contributed by atoms with Crippen LogP contribution in [0.2, 0.25) is 0 Å². The summed E-state index contributed by atoms with van der Waals surface area (Å²) >= 11 is 0. The molecule has 0 radical (unpaired) electrons. The molecule has 2 atom stereocenters. The lowest BCUT2D eigenvalue weighted by atomic mass is 9.82. The highest BCUT2D eigenvalue weighted by molar-refractivity contribution is 5.94. The molecule has 0 N–H and O–H groups in total. The second-order valence-electron chi connectivity index (χ2n) is 7.46. The van der Waals surface area contributed by atoms with Gasteiger partial charge in [-0.25, -0.2) is 0 Å². The first-order valence-electron chi connectivity index (χ1n) is 9.06. The van der Waals surface area contributed by atoms with Crippen molar-refractivity contribution in [2.45, 2.75) is 12.8 Å².